The number of thioether (sulfide) groups is 1. The lowest BCUT2D eigenvalue weighted by molar-refractivity contribution is -0.130. The molecule has 0 aliphatic carbocycles. The Balaban J connectivity index is 1.54. The lowest BCUT2D eigenvalue weighted by Gasteiger charge is -2.20. The number of esters is 1. The Morgan fingerprint density at radius 3 is 2.39 bits per heavy atom. The van der Waals surface area contributed by atoms with E-state index in [1.165, 1.54) is 54.6 Å². The molecule has 2 aliphatic heterocycles. The molecule has 33 heavy (non-hydrogen) atoms. The third-order valence-corrected chi connectivity index (χ3v) is 5.95. The van der Waals surface area contributed by atoms with Crippen LogP contribution in [0.1, 0.15) is 29.3 Å². The second-order valence-electron chi connectivity index (χ2n) is 7.16. The number of hydrogen-bond acceptors (Lipinski definition) is 7. The topological polar surface area (TPSA) is 101 Å². The molecule has 8 nitrogen and oxygen atoms in total. The van der Waals surface area contributed by atoms with E-state index >= 15 is 0 Å². The standard InChI is InChI=1S/C23H17FN2O6S/c1-2-32-22(30)14-5-9-16(10-6-14)25-19(27)12-17(20(25)28)26-21(29)18(33-23(26)31)11-13-3-7-15(24)8-4-13/h3-11,17H,2,12H2,1H3. The molecule has 168 valence electrons. The highest BCUT2D eigenvalue weighted by Crippen LogP contribution is 2.37. The van der Waals surface area contributed by atoms with Crippen LogP contribution < -0.4 is 4.90 Å². The molecule has 1 unspecified atom stereocenters. The zero-order chi connectivity index (χ0) is 23.7. The van der Waals surface area contributed by atoms with Crippen molar-refractivity contribution in [2.45, 2.75) is 19.4 Å². The van der Waals surface area contributed by atoms with Gasteiger partial charge in [-0.1, -0.05) is 12.1 Å². The first-order valence-corrected chi connectivity index (χ1v) is 10.8. The highest BCUT2D eigenvalue weighted by Gasteiger charge is 2.50. The summed E-state index contributed by atoms with van der Waals surface area (Å²) in [6.45, 7) is 1.88. The largest absolute Gasteiger partial charge is 0.462 e. The van der Waals surface area contributed by atoms with E-state index < -0.39 is 40.8 Å². The van der Waals surface area contributed by atoms with Gasteiger partial charge in [0, 0.05) is 0 Å². The average molecular weight is 468 g/mol. The minimum atomic E-state index is -1.27. The SMILES string of the molecule is CCOC(=O)c1ccc(N2C(=O)CC(N3C(=O)SC(=Cc4ccc(F)cc4)C3=O)C2=O)cc1. The molecule has 10 heteroatoms. The predicted octanol–water partition coefficient (Wildman–Crippen LogP) is 3.37. The first kappa shape index (κ1) is 22.4. The number of halogens is 1. The number of benzene rings is 2. The van der Waals surface area contributed by atoms with Gasteiger partial charge in [-0.15, -0.1) is 0 Å². The molecule has 4 rings (SSSR count). The summed E-state index contributed by atoms with van der Waals surface area (Å²) in [6.07, 6.45) is 1.08. The van der Waals surface area contributed by atoms with Crippen LogP contribution in [0.3, 0.4) is 0 Å². The van der Waals surface area contributed by atoms with Gasteiger partial charge in [0.25, 0.3) is 17.1 Å². The van der Waals surface area contributed by atoms with Gasteiger partial charge in [-0.05, 0) is 66.7 Å². The fraction of sp³-hybridized carbons (Fsp3) is 0.174. The molecule has 0 N–H and O–H groups in total. The van der Waals surface area contributed by atoms with Gasteiger partial charge >= 0.3 is 5.97 Å². The molecule has 2 aliphatic rings. The maximum absolute atomic E-state index is 13.1. The molecular weight excluding hydrogens is 451 g/mol. The van der Waals surface area contributed by atoms with Crippen molar-refractivity contribution in [1.29, 1.82) is 0 Å². The Hall–Kier alpha value is -3.79. The molecule has 0 radical (unpaired) electrons. The van der Waals surface area contributed by atoms with Crippen molar-refractivity contribution in [3.8, 4) is 0 Å². The number of hydrogen-bond donors (Lipinski definition) is 0. The van der Waals surface area contributed by atoms with Crippen molar-refractivity contribution in [3.63, 3.8) is 0 Å². The quantitative estimate of drug-likeness (QED) is 0.377. The summed E-state index contributed by atoms with van der Waals surface area (Å²) < 4.78 is 18.0. The number of anilines is 1. The minimum Gasteiger partial charge on any atom is -0.462 e. The predicted molar refractivity (Wildman–Crippen MR) is 118 cm³/mol. The number of carbonyl (C=O) groups excluding carboxylic acids is 5. The summed E-state index contributed by atoms with van der Waals surface area (Å²) in [5.74, 6) is -2.96. The summed E-state index contributed by atoms with van der Waals surface area (Å²) in [5, 5.41) is -0.668. The normalized spacial score (nSPS) is 19.7. The van der Waals surface area contributed by atoms with Gasteiger partial charge < -0.3 is 4.74 Å². The smallest absolute Gasteiger partial charge is 0.338 e. The molecule has 2 aromatic carbocycles. The number of nitrogens with zero attached hydrogens (tertiary/aromatic N) is 2. The van der Waals surface area contributed by atoms with Crippen LogP contribution in [0.25, 0.3) is 6.08 Å². The van der Waals surface area contributed by atoms with E-state index in [4.69, 9.17) is 4.74 Å². The van der Waals surface area contributed by atoms with Gasteiger partial charge in [0.15, 0.2) is 0 Å². The van der Waals surface area contributed by atoms with Crippen molar-refractivity contribution < 1.29 is 33.1 Å². The third-order valence-electron chi connectivity index (χ3n) is 5.06. The second-order valence-corrected chi connectivity index (χ2v) is 8.15. The Morgan fingerprint density at radius 1 is 1.09 bits per heavy atom. The van der Waals surface area contributed by atoms with Crippen LogP contribution in [0.2, 0.25) is 0 Å². The molecule has 0 saturated carbocycles. The van der Waals surface area contributed by atoms with Crippen molar-refractivity contribution in [3.05, 3.63) is 70.4 Å². The van der Waals surface area contributed by atoms with E-state index in [9.17, 15) is 28.4 Å². The molecule has 2 fully saturated rings. The molecule has 0 bridgehead atoms. The fourth-order valence-electron chi connectivity index (χ4n) is 3.51. The van der Waals surface area contributed by atoms with Gasteiger partial charge in [0.1, 0.15) is 11.9 Å². The van der Waals surface area contributed by atoms with Crippen molar-refractivity contribution in [2.24, 2.45) is 0 Å². The van der Waals surface area contributed by atoms with E-state index in [-0.39, 0.29) is 29.2 Å². The lowest BCUT2D eigenvalue weighted by Crippen LogP contribution is -2.44. The summed E-state index contributed by atoms with van der Waals surface area (Å²) in [7, 11) is 0. The van der Waals surface area contributed by atoms with Crippen molar-refractivity contribution in [2.75, 3.05) is 11.5 Å². The molecule has 0 spiro atoms. The molecule has 2 saturated heterocycles. The first-order valence-electron chi connectivity index (χ1n) is 9.96. The third kappa shape index (κ3) is 4.29. The van der Waals surface area contributed by atoms with Crippen LogP contribution in [0.5, 0.6) is 0 Å². The number of carbonyl (C=O) groups is 5. The van der Waals surface area contributed by atoms with Gasteiger partial charge in [0.2, 0.25) is 5.91 Å². The molecule has 4 amide bonds. The van der Waals surface area contributed by atoms with E-state index in [1.54, 1.807) is 6.92 Å². The van der Waals surface area contributed by atoms with Crippen LogP contribution in [0, 0.1) is 5.82 Å². The van der Waals surface area contributed by atoms with Crippen LogP contribution in [0.4, 0.5) is 14.9 Å². The molecule has 2 aromatic rings. The number of rotatable bonds is 5. The number of imide groups is 2. The van der Waals surface area contributed by atoms with Crippen LogP contribution >= 0.6 is 11.8 Å². The monoisotopic (exact) mass is 468 g/mol. The van der Waals surface area contributed by atoms with Crippen LogP contribution in [-0.2, 0) is 19.1 Å². The molecular formula is C23H17FN2O6S. The van der Waals surface area contributed by atoms with Crippen LogP contribution in [0.15, 0.2) is 53.4 Å². The summed E-state index contributed by atoms with van der Waals surface area (Å²) in [4.78, 5) is 64.6. The van der Waals surface area contributed by atoms with Gasteiger partial charge in [-0.3, -0.25) is 24.1 Å². The maximum Gasteiger partial charge on any atom is 0.338 e. The van der Waals surface area contributed by atoms with Gasteiger partial charge in [-0.2, -0.15) is 0 Å². The highest BCUT2D eigenvalue weighted by molar-refractivity contribution is 8.18. The lowest BCUT2D eigenvalue weighted by atomic mass is 10.2. The minimum absolute atomic E-state index is 0.0732. The average Bonchev–Trinajstić information content (AvgIpc) is 3.23. The number of amides is 4. The Morgan fingerprint density at radius 2 is 1.76 bits per heavy atom. The van der Waals surface area contributed by atoms with Gasteiger partial charge in [0.05, 0.1) is 29.2 Å². The van der Waals surface area contributed by atoms with Crippen LogP contribution in [-0.4, -0.2) is 46.5 Å². The highest BCUT2D eigenvalue weighted by atomic mass is 32.2. The summed E-state index contributed by atoms with van der Waals surface area (Å²) in [5.41, 5.74) is 0.988. The van der Waals surface area contributed by atoms with E-state index in [0.29, 0.717) is 17.3 Å². The zero-order valence-corrected chi connectivity index (χ0v) is 18.1. The Kier molecular flexibility index (Phi) is 6.10. The van der Waals surface area contributed by atoms with Crippen molar-refractivity contribution in [1.82, 2.24) is 4.90 Å². The van der Waals surface area contributed by atoms with E-state index in [2.05, 4.69) is 0 Å². The maximum atomic E-state index is 13.1. The summed E-state index contributed by atoms with van der Waals surface area (Å²) in [6, 6.07) is 9.78. The summed E-state index contributed by atoms with van der Waals surface area (Å²) >= 11 is 0.649. The Bertz CT molecular complexity index is 1190. The second kappa shape index (κ2) is 8.99. The van der Waals surface area contributed by atoms with Gasteiger partial charge in [-0.25, -0.2) is 14.1 Å². The zero-order valence-electron chi connectivity index (χ0n) is 17.3. The molecule has 0 aromatic heterocycles. The molecule has 2 heterocycles. The first-order chi connectivity index (χ1) is 15.8. The number of ether oxygens (including phenoxy) is 1. The Labute approximate surface area is 192 Å². The van der Waals surface area contributed by atoms with E-state index in [1.807, 2.05) is 0 Å². The molecule has 1 atom stereocenters. The van der Waals surface area contributed by atoms with Crippen molar-refractivity contribution >= 4 is 52.5 Å². The van der Waals surface area contributed by atoms with E-state index in [0.717, 1.165) is 9.80 Å². The fourth-order valence-corrected chi connectivity index (χ4v) is 4.39.